The summed E-state index contributed by atoms with van der Waals surface area (Å²) >= 11 is 0. The number of hydrogen-bond acceptors (Lipinski definition) is 7. The van der Waals surface area contributed by atoms with Gasteiger partial charge in [-0.25, -0.2) is 0 Å². The lowest BCUT2D eigenvalue weighted by atomic mass is 10.2. The second-order valence-electron chi connectivity index (χ2n) is 3.18. The van der Waals surface area contributed by atoms with Crippen molar-refractivity contribution in [2.45, 2.75) is 0 Å². The summed E-state index contributed by atoms with van der Waals surface area (Å²) in [5.41, 5.74) is -2.63. The molecule has 1 aromatic heterocycles. The van der Waals surface area contributed by atoms with Crippen LogP contribution in [-0.2, 0) is 0 Å². The minimum Gasteiger partial charge on any atom is -0.284 e. The first-order valence-corrected chi connectivity index (χ1v) is 4.31. The maximum Gasteiger partial charge on any atom is 0.301 e. The molecule has 76 valence electrons. The third-order valence-electron chi connectivity index (χ3n) is 2.32. The van der Waals surface area contributed by atoms with Crippen LogP contribution in [0.1, 0.15) is 0 Å². The normalized spacial score (nSPS) is 11.2. The third-order valence-corrected chi connectivity index (χ3v) is 2.32. The van der Waals surface area contributed by atoms with Crippen LogP contribution in [0.15, 0.2) is 26.6 Å². The van der Waals surface area contributed by atoms with Crippen LogP contribution in [0.2, 0.25) is 0 Å². The standard InChI is InChI=1S/C9H2N4O3/c14-7-4-5(12-13-9(4)16)3-1-2-10-11-6(3)8(7)15/h1-2H. The zero-order chi connectivity index (χ0) is 11.3. The van der Waals surface area contributed by atoms with Gasteiger partial charge >= 0.3 is 5.56 Å². The predicted molar refractivity (Wildman–Crippen MR) is 51.6 cm³/mol. The minimum absolute atomic E-state index is 0.0834. The van der Waals surface area contributed by atoms with Crippen molar-refractivity contribution in [2.24, 2.45) is 0 Å². The van der Waals surface area contributed by atoms with Crippen LogP contribution in [0.25, 0.3) is 10.9 Å². The van der Waals surface area contributed by atoms with Gasteiger partial charge in [-0.2, -0.15) is 5.10 Å². The monoisotopic (exact) mass is 214 g/mol. The first-order valence-electron chi connectivity index (χ1n) is 4.31. The summed E-state index contributed by atoms with van der Waals surface area (Å²) in [5.74, 6) is 0. The van der Waals surface area contributed by atoms with E-state index in [1.54, 1.807) is 0 Å². The van der Waals surface area contributed by atoms with E-state index in [4.69, 9.17) is 0 Å². The lowest BCUT2D eigenvalue weighted by Gasteiger charge is -1.90. The van der Waals surface area contributed by atoms with Crippen LogP contribution >= 0.6 is 0 Å². The molecular weight excluding hydrogens is 212 g/mol. The summed E-state index contributed by atoms with van der Waals surface area (Å²) in [7, 11) is 0. The van der Waals surface area contributed by atoms with Gasteiger partial charge in [0, 0.05) is 5.39 Å². The molecule has 0 atom stereocenters. The first-order chi connectivity index (χ1) is 7.70. The number of hydrogen-bond donors (Lipinski definition) is 0. The quantitative estimate of drug-likeness (QED) is 0.402. The van der Waals surface area contributed by atoms with E-state index in [1.807, 2.05) is 0 Å². The van der Waals surface area contributed by atoms with E-state index in [1.165, 1.54) is 12.3 Å². The molecule has 0 aromatic carbocycles. The number of nitrogens with zero attached hydrogens (tertiary/aromatic N) is 4. The molecule has 1 aliphatic carbocycles. The molecule has 2 heterocycles. The first kappa shape index (κ1) is 8.72. The van der Waals surface area contributed by atoms with Crippen molar-refractivity contribution in [1.29, 1.82) is 0 Å². The second-order valence-corrected chi connectivity index (χ2v) is 3.18. The molecule has 16 heavy (non-hydrogen) atoms. The van der Waals surface area contributed by atoms with Gasteiger partial charge in [-0.1, -0.05) is 0 Å². The fourth-order valence-electron chi connectivity index (χ4n) is 1.60. The highest BCUT2D eigenvalue weighted by Crippen LogP contribution is 2.03. The Morgan fingerprint density at radius 1 is 0.938 bits per heavy atom. The molecule has 0 fully saturated rings. The molecule has 0 saturated heterocycles. The lowest BCUT2D eigenvalue weighted by Crippen LogP contribution is -2.29. The van der Waals surface area contributed by atoms with Crippen molar-refractivity contribution in [1.82, 2.24) is 20.4 Å². The molecule has 1 aliphatic heterocycles. The molecule has 3 rings (SSSR count). The molecule has 7 heteroatoms. The van der Waals surface area contributed by atoms with E-state index in [0.717, 1.165) is 0 Å². The average molecular weight is 214 g/mol. The molecule has 0 radical (unpaired) electrons. The van der Waals surface area contributed by atoms with E-state index < -0.39 is 16.4 Å². The number of rotatable bonds is 0. The molecule has 0 N–H and O–H groups in total. The van der Waals surface area contributed by atoms with Gasteiger partial charge in [-0.15, -0.1) is 15.3 Å². The predicted octanol–water partition coefficient (Wildman–Crippen LogP) is -1.90. The van der Waals surface area contributed by atoms with Gasteiger partial charge in [0.2, 0.25) is 5.43 Å². The smallest absolute Gasteiger partial charge is 0.284 e. The second kappa shape index (κ2) is 2.72. The van der Waals surface area contributed by atoms with Crippen molar-refractivity contribution in [3.63, 3.8) is 0 Å². The Kier molecular flexibility index (Phi) is 1.48. The molecule has 0 amide bonds. The van der Waals surface area contributed by atoms with Gasteiger partial charge in [0.25, 0.3) is 5.43 Å². The zero-order valence-corrected chi connectivity index (χ0v) is 7.67. The molecule has 0 unspecified atom stereocenters. The summed E-state index contributed by atoms with van der Waals surface area (Å²) in [6, 6.07) is 1.47. The van der Waals surface area contributed by atoms with Gasteiger partial charge in [0.05, 0.1) is 6.20 Å². The Morgan fingerprint density at radius 3 is 2.56 bits per heavy atom. The van der Waals surface area contributed by atoms with Crippen molar-refractivity contribution in [3.8, 4) is 0 Å². The van der Waals surface area contributed by atoms with Gasteiger partial charge in [-0.05, 0) is 6.07 Å². The summed E-state index contributed by atoms with van der Waals surface area (Å²) < 4.78 is 0. The number of aromatic nitrogens is 4. The van der Waals surface area contributed by atoms with E-state index in [9.17, 15) is 14.4 Å². The SMILES string of the molecule is O=c1nnc2c3ccnnc3c(=O)c(=O)c1=2. The maximum atomic E-state index is 11.6. The van der Waals surface area contributed by atoms with Gasteiger partial charge in [-0.3, -0.25) is 14.4 Å². The molecular formula is C9H2N4O3. The van der Waals surface area contributed by atoms with E-state index in [2.05, 4.69) is 20.4 Å². The van der Waals surface area contributed by atoms with Crippen molar-refractivity contribution in [3.05, 3.63) is 53.6 Å². The molecule has 7 nitrogen and oxygen atoms in total. The van der Waals surface area contributed by atoms with E-state index in [0.29, 0.717) is 5.39 Å². The van der Waals surface area contributed by atoms with E-state index in [-0.39, 0.29) is 16.1 Å². The van der Waals surface area contributed by atoms with Crippen LogP contribution in [-0.4, -0.2) is 20.4 Å². The molecule has 1 aromatic rings. The highest BCUT2D eigenvalue weighted by atomic mass is 16.2. The topological polar surface area (TPSA) is 103 Å². The Labute approximate surface area is 85.7 Å². The van der Waals surface area contributed by atoms with E-state index >= 15 is 0 Å². The Balaban J connectivity index is 2.97. The Bertz CT molecular complexity index is 911. The highest BCUT2D eigenvalue weighted by molar-refractivity contribution is 5.77. The third kappa shape index (κ3) is 0.888. The molecule has 2 aliphatic rings. The van der Waals surface area contributed by atoms with Gasteiger partial charge in [0.15, 0.2) is 0 Å². The molecule has 0 saturated carbocycles. The van der Waals surface area contributed by atoms with Crippen molar-refractivity contribution < 1.29 is 0 Å². The van der Waals surface area contributed by atoms with Gasteiger partial charge < -0.3 is 0 Å². The Hall–Kier alpha value is -2.57. The highest BCUT2D eigenvalue weighted by Gasteiger charge is 2.13. The maximum absolute atomic E-state index is 11.6. The Morgan fingerprint density at radius 2 is 1.75 bits per heavy atom. The van der Waals surface area contributed by atoms with Crippen molar-refractivity contribution >= 4 is 10.9 Å². The summed E-state index contributed by atoms with van der Waals surface area (Å²) in [4.78, 5) is 34.4. The van der Waals surface area contributed by atoms with Crippen LogP contribution in [0, 0.1) is 10.6 Å². The van der Waals surface area contributed by atoms with Crippen molar-refractivity contribution in [2.75, 3.05) is 0 Å². The summed E-state index contributed by atoms with van der Waals surface area (Å²) in [5, 5.41) is 14.1. The van der Waals surface area contributed by atoms with Gasteiger partial charge in [0.1, 0.15) is 16.1 Å². The minimum atomic E-state index is -0.919. The fourth-order valence-corrected chi connectivity index (χ4v) is 1.60. The summed E-state index contributed by atoms with van der Waals surface area (Å²) in [6.45, 7) is 0. The van der Waals surface area contributed by atoms with Crippen LogP contribution < -0.4 is 16.4 Å². The fraction of sp³-hybridized carbons (Fsp3) is 0. The average Bonchev–Trinajstić information content (AvgIpc) is 2.69. The summed E-state index contributed by atoms with van der Waals surface area (Å²) in [6.07, 6.45) is 1.35. The van der Waals surface area contributed by atoms with Crippen LogP contribution in [0.5, 0.6) is 0 Å². The van der Waals surface area contributed by atoms with Crippen LogP contribution in [0.4, 0.5) is 0 Å². The molecule has 0 bridgehead atoms. The number of fused-ring (bicyclic) bond motifs is 2. The zero-order valence-electron chi connectivity index (χ0n) is 7.67. The van der Waals surface area contributed by atoms with Crippen LogP contribution in [0.3, 0.4) is 0 Å². The largest absolute Gasteiger partial charge is 0.301 e. The molecule has 0 spiro atoms. The lowest BCUT2D eigenvalue weighted by molar-refractivity contribution is 1.03.